The molecule has 1 aliphatic carbocycles. The van der Waals surface area contributed by atoms with Crippen molar-refractivity contribution in [2.45, 2.75) is 32.2 Å². The smallest absolute Gasteiger partial charge is 0.0499 e. The number of fused-ring (bicyclic) bond motifs is 1. The highest BCUT2D eigenvalue weighted by Crippen LogP contribution is 2.38. The second-order valence-corrected chi connectivity index (χ2v) is 6.40. The molecule has 0 radical (unpaired) electrons. The summed E-state index contributed by atoms with van der Waals surface area (Å²) in [5, 5.41) is 3.67. The van der Waals surface area contributed by atoms with Crippen molar-refractivity contribution in [2.24, 2.45) is 0 Å². The minimum absolute atomic E-state index is 0.0628. The Bertz CT molecular complexity index is 722. The van der Waals surface area contributed by atoms with Crippen LogP contribution in [0.3, 0.4) is 0 Å². The van der Waals surface area contributed by atoms with Crippen LogP contribution in [0.1, 0.15) is 43.4 Å². The lowest BCUT2D eigenvalue weighted by molar-refractivity contribution is 0.709. The van der Waals surface area contributed by atoms with Gasteiger partial charge in [0.05, 0.1) is 0 Å². The lowest BCUT2D eigenvalue weighted by atomic mass is 9.91. The predicted octanol–water partition coefficient (Wildman–Crippen LogP) is 5.61. The van der Waals surface area contributed by atoms with E-state index < -0.39 is 0 Å². The van der Waals surface area contributed by atoms with Crippen molar-refractivity contribution >= 4 is 11.8 Å². The SMILES string of the molecule is CC=CC(C)(C)Nc1ccccc1C1C=Cc2ccccc21. The summed E-state index contributed by atoms with van der Waals surface area (Å²) in [6.07, 6.45) is 8.82. The monoisotopic (exact) mass is 289 g/mol. The number of rotatable bonds is 4. The second kappa shape index (κ2) is 5.84. The van der Waals surface area contributed by atoms with Crippen molar-refractivity contribution in [3.05, 3.63) is 83.4 Å². The molecule has 22 heavy (non-hydrogen) atoms. The quantitative estimate of drug-likeness (QED) is 0.721. The molecule has 0 saturated heterocycles. The van der Waals surface area contributed by atoms with E-state index in [1.807, 2.05) is 0 Å². The molecule has 1 unspecified atom stereocenters. The van der Waals surface area contributed by atoms with Gasteiger partial charge in [-0.2, -0.15) is 0 Å². The lowest BCUT2D eigenvalue weighted by Crippen LogP contribution is -2.28. The van der Waals surface area contributed by atoms with E-state index in [2.05, 4.69) is 98.9 Å². The Morgan fingerprint density at radius 2 is 1.64 bits per heavy atom. The van der Waals surface area contributed by atoms with Gasteiger partial charge in [-0.15, -0.1) is 0 Å². The van der Waals surface area contributed by atoms with Crippen LogP contribution in [0.25, 0.3) is 6.08 Å². The van der Waals surface area contributed by atoms with Gasteiger partial charge in [-0.25, -0.2) is 0 Å². The molecule has 1 aliphatic rings. The van der Waals surface area contributed by atoms with Crippen LogP contribution in [0.5, 0.6) is 0 Å². The maximum Gasteiger partial charge on any atom is 0.0499 e. The Kier molecular flexibility index (Phi) is 3.89. The molecular weight excluding hydrogens is 266 g/mol. The first-order chi connectivity index (χ1) is 10.6. The van der Waals surface area contributed by atoms with Crippen LogP contribution in [-0.2, 0) is 0 Å². The summed E-state index contributed by atoms with van der Waals surface area (Å²) in [5.41, 5.74) is 5.20. The van der Waals surface area contributed by atoms with Crippen LogP contribution in [0.2, 0.25) is 0 Å². The van der Waals surface area contributed by atoms with E-state index in [9.17, 15) is 0 Å². The molecule has 3 rings (SSSR count). The van der Waals surface area contributed by atoms with E-state index in [1.54, 1.807) is 0 Å². The molecule has 0 aliphatic heterocycles. The first-order valence-electron chi connectivity index (χ1n) is 7.89. The van der Waals surface area contributed by atoms with E-state index in [1.165, 1.54) is 22.4 Å². The van der Waals surface area contributed by atoms with Crippen molar-refractivity contribution < 1.29 is 0 Å². The highest BCUT2D eigenvalue weighted by atomic mass is 15.0. The highest BCUT2D eigenvalue weighted by molar-refractivity contribution is 5.69. The van der Waals surface area contributed by atoms with Gasteiger partial charge in [-0.05, 0) is 43.5 Å². The van der Waals surface area contributed by atoms with Crippen LogP contribution in [-0.4, -0.2) is 5.54 Å². The molecular formula is C21H23N. The van der Waals surface area contributed by atoms with E-state index >= 15 is 0 Å². The summed E-state index contributed by atoms with van der Waals surface area (Å²) >= 11 is 0. The van der Waals surface area contributed by atoms with Gasteiger partial charge in [-0.1, -0.05) is 66.8 Å². The summed E-state index contributed by atoms with van der Waals surface area (Å²) in [6, 6.07) is 17.3. The zero-order valence-electron chi connectivity index (χ0n) is 13.5. The third kappa shape index (κ3) is 2.85. The number of para-hydroxylation sites is 1. The number of anilines is 1. The third-order valence-electron chi connectivity index (χ3n) is 4.14. The number of allylic oxidation sites excluding steroid dienone is 2. The van der Waals surface area contributed by atoms with Crippen LogP contribution in [0.4, 0.5) is 5.69 Å². The molecule has 1 heteroatoms. The fraction of sp³-hybridized carbons (Fsp3) is 0.238. The predicted molar refractivity (Wildman–Crippen MR) is 96.3 cm³/mol. The first kappa shape index (κ1) is 14.6. The Morgan fingerprint density at radius 3 is 2.41 bits per heavy atom. The molecule has 0 aromatic heterocycles. The number of nitrogens with one attached hydrogen (secondary N) is 1. The largest absolute Gasteiger partial charge is 0.376 e. The van der Waals surface area contributed by atoms with Gasteiger partial charge in [0.15, 0.2) is 0 Å². The average Bonchev–Trinajstić information content (AvgIpc) is 2.91. The van der Waals surface area contributed by atoms with Crippen molar-refractivity contribution in [2.75, 3.05) is 5.32 Å². The second-order valence-electron chi connectivity index (χ2n) is 6.40. The number of hydrogen-bond acceptors (Lipinski definition) is 1. The first-order valence-corrected chi connectivity index (χ1v) is 7.89. The van der Waals surface area contributed by atoms with Crippen LogP contribution in [0, 0.1) is 0 Å². The summed E-state index contributed by atoms with van der Waals surface area (Å²) in [5.74, 6) is 0.335. The Morgan fingerprint density at radius 1 is 0.955 bits per heavy atom. The molecule has 1 nitrogen and oxygen atoms in total. The number of benzene rings is 2. The molecule has 1 atom stereocenters. The molecule has 0 fully saturated rings. The molecule has 112 valence electrons. The molecule has 2 aromatic rings. The number of hydrogen-bond donors (Lipinski definition) is 1. The van der Waals surface area contributed by atoms with Crippen LogP contribution in [0.15, 0.2) is 66.8 Å². The van der Waals surface area contributed by atoms with Crippen LogP contribution >= 0.6 is 0 Å². The average molecular weight is 289 g/mol. The van der Waals surface area contributed by atoms with E-state index in [4.69, 9.17) is 0 Å². The summed E-state index contributed by atoms with van der Waals surface area (Å²) < 4.78 is 0. The topological polar surface area (TPSA) is 12.0 Å². The molecule has 0 spiro atoms. The van der Waals surface area contributed by atoms with Gasteiger partial charge < -0.3 is 5.32 Å². The fourth-order valence-electron chi connectivity index (χ4n) is 3.21. The Balaban J connectivity index is 1.98. The van der Waals surface area contributed by atoms with E-state index in [0.717, 1.165) is 0 Å². The van der Waals surface area contributed by atoms with Crippen molar-refractivity contribution in [3.8, 4) is 0 Å². The zero-order chi connectivity index (χ0) is 15.6. The van der Waals surface area contributed by atoms with Gasteiger partial charge >= 0.3 is 0 Å². The molecule has 2 aromatic carbocycles. The highest BCUT2D eigenvalue weighted by Gasteiger charge is 2.22. The summed E-state index contributed by atoms with van der Waals surface area (Å²) in [7, 11) is 0. The van der Waals surface area contributed by atoms with Crippen molar-refractivity contribution in [1.82, 2.24) is 0 Å². The van der Waals surface area contributed by atoms with Gasteiger partial charge in [0, 0.05) is 17.1 Å². The normalized spacial score (nSPS) is 17.0. The molecule has 0 saturated carbocycles. The summed E-state index contributed by atoms with van der Waals surface area (Å²) in [4.78, 5) is 0. The molecule has 1 N–H and O–H groups in total. The van der Waals surface area contributed by atoms with Crippen molar-refractivity contribution in [1.29, 1.82) is 0 Å². The van der Waals surface area contributed by atoms with Gasteiger partial charge in [-0.3, -0.25) is 0 Å². The van der Waals surface area contributed by atoms with E-state index in [0.29, 0.717) is 5.92 Å². The van der Waals surface area contributed by atoms with Gasteiger partial charge in [0.25, 0.3) is 0 Å². The molecule has 0 bridgehead atoms. The Hall–Kier alpha value is -2.28. The standard InChI is InChI=1S/C21H23N/c1-4-15-21(2,3)22-20-12-8-7-11-19(20)18-14-13-16-9-5-6-10-17(16)18/h4-15,18,22H,1-3H3. The van der Waals surface area contributed by atoms with E-state index in [-0.39, 0.29) is 5.54 Å². The maximum absolute atomic E-state index is 3.67. The Labute approximate surface area is 133 Å². The molecule has 0 amide bonds. The van der Waals surface area contributed by atoms with Gasteiger partial charge in [0.2, 0.25) is 0 Å². The van der Waals surface area contributed by atoms with Crippen molar-refractivity contribution in [3.63, 3.8) is 0 Å². The fourth-order valence-corrected chi connectivity index (χ4v) is 3.21. The zero-order valence-corrected chi connectivity index (χ0v) is 13.5. The summed E-state index contributed by atoms with van der Waals surface area (Å²) in [6.45, 7) is 6.45. The minimum Gasteiger partial charge on any atom is -0.376 e. The van der Waals surface area contributed by atoms with Crippen LogP contribution < -0.4 is 5.32 Å². The lowest BCUT2D eigenvalue weighted by Gasteiger charge is -2.27. The molecule has 0 heterocycles. The third-order valence-corrected chi connectivity index (χ3v) is 4.14. The maximum atomic E-state index is 3.67. The minimum atomic E-state index is -0.0628. The van der Waals surface area contributed by atoms with Gasteiger partial charge in [0.1, 0.15) is 0 Å².